The number of aryl methyl sites for hydroxylation is 1. The predicted octanol–water partition coefficient (Wildman–Crippen LogP) is 1.89. The van der Waals surface area contributed by atoms with E-state index in [0.29, 0.717) is 13.0 Å². The van der Waals surface area contributed by atoms with Crippen molar-refractivity contribution in [2.75, 3.05) is 24.5 Å². The highest BCUT2D eigenvalue weighted by atomic mass is 16.2. The lowest BCUT2D eigenvalue weighted by atomic mass is 10.0. The minimum absolute atomic E-state index is 0.0672. The molecule has 20 heavy (non-hydrogen) atoms. The van der Waals surface area contributed by atoms with Gasteiger partial charge >= 0.3 is 0 Å². The molecule has 0 aromatic heterocycles. The molecule has 4 heteroatoms. The lowest BCUT2D eigenvalue weighted by Gasteiger charge is -2.33. The molecule has 4 nitrogen and oxygen atoms in total. The molecular weight excluding hydrogens is 252 g/mol. The SMILES string of the molecule is Cc1cccc(N2CC(C(=O)N3CCC3)CC2=O)c1C. The third kappa shape index (κ3) is 2.09. The summed E-state index contributed by atoms with van der Waals surface area (Å²) in [4.78, 5) is 28.1. The third-order valence-corrected chi connectivity index (χ3v) is 4.51. The van der Waals surface area contributed by atoms with E-state index in [9.17, 15) is 9.59 Å². The van der Waals surface area contributed by atoms with Crippen LogP contribution in [0.1, 0.15) is 24.0 Å². The van der Waals surface area contributed by atoms with Gasteiger partial charge in [0, 0.05) is 31.7 Å². The van der Waals surface area contributed by atoms with Crippen LogP contribution in [0.3, 0.4) is 0 Å². The summed E-state index contributed by atoms with van der Waals surface area (Å²) in [5.74, 6) is 0.0534. The van der Waals surface area contributed by atoms with E-state index in [1.54, 1.807) is 4.90 Å². The zero-order valence-electron chi connectivity index (χ0n) is 12.1. The Bertz CT molecular complexity index is 564. The normalized spacial score (nSPS) is 22.1. The second kappa shape index (κ2) is 4.93. The molecule has 3 rings (SSSR count). The highest BCUT2D eigenvalue weighted by Gasteiger charge is 2.38. The first kappa shape index (κ1) is 13.2. The Morgan fingerprint density at radius 2 is 2.00 bits per heavy atom. The number of hydrogen-bond donors (Lipinski definition) is 0. The maximum Gasteiger partial charge on any atom is 0.228 e. The monoisotopic (exact) mass is 272 g/mol. The zero-order valence-corrected chi connectivity index (χ0v) is 12.1. The van der Waals surface area contributed by atoms with Gasteiger partial charge in [0.15, 0.2) is 0 Å². The molecule has 0 N–H and O–H groups in total. The van der Waals surface area contributed by atoms with E-state index in [1.807, 2.05) is 36.9 Å². The van der Waals surface area contributed by atoms with Crippen molar-refractivity contribution in [3.8, 4) is 0 Å². The van der Waals surface area contributed by atoms with Crippen LogP contribution in [0.2, 0.25) is 0 Å². The first-order valence-electron chi connectivity index (χ1n) is 7.23. The van der Waals surface area contributed by atoms with Crippen LogP contribution in [0.5, 0.6) is 0 Å². The molecule has 2 aliphatic heterocycles. The smallest absolute Gasteiger partial charge is 0.228 e. The van der Waals surface area contributed by atoms with Crippen LogP contribution < -0.4 is 4.90 Å². The molecule has 1 unspecified atom stereocenters. The number of amides is 2. The van der Waals surface area contributed by atoms with E-state index in [-0.39, 0.29) is 17.7 Å². The molecule has 0 aliphatic carbocycles. The zero-order chi connectivity index (χ0) is 14.3. The Hall–Kier alpha value is -1.84. The van der Waals surface area contributed by atoms with Crippen LogP contribution in [-0.2, 0) is 9.59 Å². The van der Waals surface area contributed by atoms with Gasteiger partial charge in [0.25, 0.3) is 0 Å². The molecular formula is C16H20N2O2. The van der Waals surface area contributed by atoms with Gasteiger partial charge in [-0.3, -0.25) is 9.59 Å². The van der Waals surface area contributed by atoms with E-state index in [2.05, 4.69) is 0 Å². The van der Waals surface area contributed by atoms with Crippen LogP contribution in [0.4, 0.5) is 5.69 Å². The highest BCUT2D eigenvalue weighted by molar-refractivity contribution is 6.01. The molecule has 2 heterocycles. The summed E-state index contributed by atoms with van der Waals surface area (Å²) in [5, 5.41) is 0. The van der Waals surface area contributed by atoms with Crippen molar-refractivity contribution >= 4 is 17.5 Å². The fourth-order valence-corrected chi connectivity index (χ4v) is 2.93. The predicted molar refractivity (Wildman–Crippen MR) is 77.6 cm³/mol. The fraction of sp³-hybridized carbons (Fsp3) is 0.500. The van der Waals surface area contributed by atoms with E-state index in [4.69, 9.17) is 0 Å². The number of nitrogens with zero attached hydrogens (tertiary/aromatic N) is 2. The minimum Gasteiger partial charge on any atom is -0.342 e. The Morgan fingerprint density at radius 1 is 1.25 bits per heavy atom. The lowest BCUT2D eigenvalue weighted by Crippen LogP contribution is -2.45. The van der Waals surface area contributed by atoms with Crippen molar-refractivity contribution in [2.45, 2.75) is 26.7 Å². The van der Waals surface area contributed by atoms with Crippen LogP contribution in [0.25, 0.3) is 0 Å². The molecule has 1 aromatic carbocycles. The summed E-state index contributed by atoms with van der Waals surface area (Å²) in [6.07, 6.45) is 1.44. The standard InChI is InChI=1S/C16H20N2O2/c1-11-5-3-6-14(12(11)2)18-10-13(9-15(18)19)16(20)17-7-4-8-17/h3,5-6,13H,4,7-10H2,1-2H3. The molecule has 0 saturated carbocycles. The lowest BCUT2D eigenvalue weighted by molar-refractivity contribution is -0.139. The van der Waals surface area contributed by atoms with Crippen molar-refractivity contribution in [2.24, 2.45) is 5.92 Å². The van der Waals surface area contributed by atoms with Crippen molar-refractivity contribution < 1.29 is 9.59 Å². The highest BCUT2D eigenvalue weighted by Crippen LogP contribution is 2.30. The second-order valence-electron chi connectivity index (χ2n) is 5.80. The van der Waals surface area contributed by atoms with Gasteiger partial charge in [0.2, 0.25) is 11.8 Å². The van der Waals surface area contributed by atoms with Gasteiger partial charge in [-0.15, -0.1) is 0 Å². The Labute approximate surface area is 119 Å². The summed E-state index contributed by atoms with van der Waals surface area (Å²) in [7, 11) is 0. The van der Waals surface area contributed by atoms with Crippen molar-refractivity contribution in [1.82, 2.24) is 4.90 Å². The quantitative estimate of drug-likeness (QED) is 0.825. The Balaban J connectivity index is 1.80. The number of likely N-dealkylation sites (tertiary alicyclic amines) is 1. The summed E-state index contributed by atoms with van der Waals surface area (Å²) in [6.45, 7) is 6.31. The maximum atomic E-state index is 12.2. The van der Waals surface area contributed by atoms with Gasteiger partial charge in [-0.05, 0) is 37.5 Å². The average Bonchev–Trinajstić information content (AvgIpc) is 2.73. The van der Waals surface area contributed by atoms with Gasteiger partial charge in [0.1, 0.15) is 0 Å². The number of hydrogen-bond acceptors (Lipinski definition) is 2. The summed E-state index contributed by atoms with van der Waals surface area (Å²) < 4.78 is 0. The molecule has 2 aliphatic rings. The van der Waals surface area contributed by atoms with E-state index >= 15 is 0 Å². The van der Waals surface area contributed by atoms with Gasteiger partial charge in [-0.25, -0.2) is 0 Å². The van der Waals surface area contributed by atoms with E-state index < -0.39 is 0 Å². The first-order valence-corrected chi connectivity index (χ1v) is 7.23. The average molecular weight is 272 g/mol. The number of carbonyl (C=O) groups is 2. The third-order valence-electron chi connectivity index (χ3n) is 4.51. The Kier molecular flexibility index (Phi) is 3.24. The number of rotatable bonds is 2. The molecule has 106 valence electrons. The van der Waals surface area contributed by atoms with Crippen LogP contribution in [0, 0.1) is 19.8 Å². The largest absolute Gasteiger partial charge is 0.342 e. The topological polar surface area (TPSA) is 40.6 Å². The summed E-state index contributed by atoms with van der Waals surface area (Å²) in [6, 6.07) is 5.98. The van der Waals surface area contributed by atoms with Crippen molar-refractivity contribution in [1.29, 1.82) is 0 Å². The second-order valence-corrected chi connectivity index (χ2v) is 5.80. The molecule has 2 fully saturated rings. The molecule has 0 radical (unpaired) electrons. The van der Waals surface area contributed by atoms with Crippen molar-refractivity contribution in [3.63, 3.8) is 0 Å². The number of anilines is 1. The van der Waals surface area contributed by atoms with E-state index in [1.165, 1.54) is 5.56 Å². The fourth-order valence-electron chi connectivity index (χ4n) is 2.93. The van der Waals surface area contributed by atoms with Crippen LogP contribution in [-0.4, -0.2) is 36.3 Å². The van der Waals surface area contributed by atoms with Gasteiger partial charge in [0.05, 0.1) is 5.92 Å². The molecule has 1 aromatic rings. The molecule has 0 spiro atoms. The van der Waals surface area contributed by atoms with Crippen molar-refractivity contribution in [3.05, 3.63) is 29.3 Å². The summed E-state index contributed by atoms with van der Waals surface area (Å²) >= 11 is 0. The minimum atomic E-state index is -0.164. The maximum absolute atomic E-state index is 12.2. The van der Waals surface area contributed by atoms with Gasteiger partial charge in [-0.2, -0.15) is 0 Å². The Morgan fingerprint density at radius 3 is 2.65 bits per heavy atom. The summed E-state index contributed by atoms with van der Waals surface area (Å²) in [5.41, 5.74) is 3.25. The number of benzene rings is 1. The van der Waals surface area contributed by atoms with E-state index in [0.717, 1.165) is 30.8 Å². The molecule has 1 atom stereocenters. The number of carbonyl (C=O) groups excluding carboxylic acids is 2. The molecule has 0 bridgehead atoms. The van der Waals surface area contributed by atoms with Crippen LogP contribution in [0.15, 0.2) is 18.2 Å². The van der Waals surface area contributed by atoms with Crippen LogP contribution >= 0.6 is 0 Å². The van der Waals surface area contributed by atoms with Gasteiger partial charge < -0.3 is 9.80 Å². The molecule has 2 amide bonds. The first-order chi connectivity index (χ1) is 9.58. The molecule has 2 saturated heterocycles. The van der Waals surface area contributed by atoms with Gasteiger partial charge in [-0.1, -0.05) is 12.1 Å².